The summed E-state index contributed by atoms with van der Waals surface area (Å²) in [7, 11) is 1.40. The Morgan fingerprint density at radius 2 is 2.26 bits per heavy atom. The fourth-order valence-electron chi connectivity index (χ4n) is 2.23. The number of halogens is 1. The number of ether oxygens (including phenoxy) is 1. The van der Waals surface area contributed by atoms with E-state index in [9.17, 15) is 4.79 Å². The van der Waals surface area contributed by atoms with Gasteiger partial charge in [0.25, 0.3) is 0 Å². The summed E-state index contributed by atoms with van der Waals surface area (Å²) in [5, 5.41) is 0. The van der Waals surface area contributed by atoms with Crippen LogP contribution in [0.3, 0.4) is 0 Å². The number of benzene rings is 1. The quantitative estimate of drug-likeness (QED) is 0.625. The minimum absolute atomic E-state index is 0.216. The van der Waals surface area contributed by atoms with Gasteiger partial charge >= 0.3 is 5.97 Å². The molecular formula is C14H17ClN2O2. The lowest BCUT2D eigenvalue weighted by Crippen LogP contribution is -2.10. The van der Waals surface area contributed by atoms with Crippen LogP contribution >= 0.6 is 11.6 Å². The lowest BCUT2D eigenvalue weighted by Gasteiger charge is -2.09. The molecule has 0 amide bonds. The Hall–Kier alpha value is -1.55. The molecule has 0 N–H and O–H groups in total. The number of esters is 1. The van der Waals surface area contributed by atoms with Gasteiger partial charge in [-0.3, -0.25) is 4.79 Å². The van der Waals surface area contributed by atoms with Gasteiger partial charge in [-0.2, -0.15) is 0 Å². The van der Waals surface area contributed by atoms with Crippen molar-refractivity contribution >= 4 is 28.6 Å². The van der Waals surface area contributed by atoms with E-state index in [1.165, 1.54) is 7.11 Å². The summed E-state index contributed by atoms with van der Waals surface area (Å²) in [6.45, 7) is 2.61. The Kier molecular flexibility index (Phi) is 4.43. The molecule has 4 nitrogen and oxygen atoms in total. The highest BCUT2D eigenvalue weighted by Crippen LogP contribution is 2.21. The summed E-state index contributed by atoms with van der Waals surface area (Å²) in [5.74, 6) is 1.22. The standard InChI is InChI=1S/C14H17ClN2O2/c1-10-4-3-5-11-14(10)17(9-7-13(18)19-2)12(16-11)6-8-15/h3-5H,6-9H2,1-2H3. The van der Waals surface area contributed by atoms with Crippen LogP contribution in [0.15, 0.2) is 18.2 Å². The molecule has 1 heterocycles. The van der Waals surface area contributed by atoms with Crippen molar-refractivity contribution in [2.24, 2.45) is 0 Å². The van der Waals surface area contributed by atoms with E-state index < -0.39 is 0 Å². The van der Waals surface area contributed by atoms with Crippen molar-refractivity contribution in [3.05, 3.63) is 29.6 Å². The first-order valence-electron chi connectivity index (χ1n) is 6.25. The third kappa shape index (κ3) is 2.89. The second-order valence-electron chi connectivity index (χ2n) is 4.39. The highest BCUT2D eigenvalue weighted by Gasteiger charge is 2.13. The number of imidazole rings is 1. The number of hydrogen-bond acceptors (Lipinski definition) is 3. The number of fused-ring (bicyclic) bond motifs is 1. The Morgan fingerprint density at radius 3 is 2.95 bits per heavy atom. The highest BCUT2D eigenvalue weighted by molar-refractivity contribution is 6.17. The molecule has 0 bridgehead atoms. The van der Waals surface area contributed by atoms with Gasteiger partial charge in [0.1, 0.15) is 5.82 Å². The monoisotopic (exact) mass is 280 g/mol. The first-order valence-corrected chi connectivity index (χ1v) is 6.78. The molecule has 2 aromatic rings. The molecule has 102 valence electrons. The summed E-state index contributed by atoms with van der Waals surface area (Å²) >= 11 is 5.82. The zero-order valence-electron chi connectivity index (χ0n) is 11.1. The number of nitrogens with zero attached hydrogens (tertiary/aromatic N) is 2. The Bertz CT molecular complexity index is 592. The largest absolute Gasteiger partial charge is 0.469 e. The molecule has 0 spiro atoms. The number of para-hydroxylation sites is 1. The molecule has 0 aliphatic rings. The smallest absolute Gasteiger partial charge is 0.307 e. The molecule has 1 aromatic heterocycles. The summed E-state index contributed by atoms with van der Waals surface area (Å²) in [4.78, 5) is 15.9. The summed E-state index contributed by atoms with van der Waals surface area (Å²) in [6, 6.07) is 6.01. The number of methoxy groups -OCH3 is 1. The number of alkyl halides is 1. The maximum absolute atomic E-state index is 11.3. The third-order valence-electron chi connectivity index (χ3n) is 3.13. The maximum Gasteiger partial charge on any atom is 0.307 e. The lowest BCUT2D eigenvalue weighted by molar-refractivity contribution is -0.140. The first-order chi connectivity index (χ1) is 9.17. The van der Waals surface area contributed by atoms with Crippen molar-refractivity contribution in [1.82, 2.24) is 9.55 Å². The zero-order chi connectivity index (χ0) is 13.8. The molecule has 2 rings (SSSR count). The molecule has 0 aliphatic carbocycles. The minimum Gasteiger partial charge on any atom is -0.469 e. The normalized spacial score (nSPS) is 10.9. The molecule has 0 atom stereocenters. The average Bonchev–Trinajstić information content (AvgIpc) is 2.75. The van der Waals surface area contributed by atoms with Gasteiger partial charge in [0, 0.05) is 18.8 Å². The van der Waals surface area contributed by atoms with Crippen molar-refractivity contribution in [2.75, 3.05) is 13.0 Å². The molecule has 0 saturated carbocycles. The van der Waals surface area contributed by atoms with Gasteiger partial charge in [-0.15, -0.1) is 11.6 Å². The van der Waals surface area contributed by atoms with Crippen LogP contribution < -0.4 is 0 Å². The Balaban J connectivity index is 2.42. The molecule has 19 heavy (non-hydrogen) atoms. The van der Waals surface area contributed by atoms with Crippen molar-refractivity contribution in [3.63, 3.8) is 0 Å². The first kappa shape index (κ1) is 13.9. The molecule has 0 radical (unpaired) electrons. The van der Waals surface area contributed by atoms with Crippen LogP contribution in [0, 0.1) is 6.92 Å². The fourth-order valence-corrected chi connectivity index (χ4v) is 2.40. The van der Waals surface area contributed by atoms with Crippen molar-refractivity contribution in [1.29, 1.82) is 0 Å². The second kappa shape index (κ2) is 6.06. The predicted molar refractivity (Wildman–Crippen MR) is 75.5 cm³/mol. The Morgan fingerprint density at radius 1 is 1.47 bits per heavy atom. The summed E-state index contributed by atoms with van der Waals surface area (Å²) < 4.78 is 6.77. The van der Waals surface area contributed by atoms with Gasteiger partial charge < -0.3 is 9.30 Å². The summed E-state index contributed by atoms with van der Waals surface area (Å²) in [5.41, 5.74) is 3.17. The molecule has 0 fully saturated rings. The van der Waals surface area contributed by atoms with E-state index >= 15 is 0 Å². The van der Waals surface area contributed by atoms with E-state index in [-0.39, 0.29) is 5.97 Å². The topological polar surface area (TPSA) is 44.1 Å². The van der Waals surface area contributed by atoms with Crippen LogP contribution in [-0.2, 0) is 22.5 Å². The van der Waals surface area contributed by atoms with Crippen molar-refractivity contribution < 1.29 is 9.53 Å². The van der Waals surface area contributed by atoms with Crippen LogP contribution in [0.4, 0.5) is 0 Å². The van der Waals surface area contributed by atoms with Gasteiger partial charge in [0.2, 0.25) is 0 Å². The van der Waals surface area contributed by atoms with E-state index in [1.807, 2.05) is 25.1 Å². The number of carbonyl (C=O) groups is 1. The van der Waals surface area contributed by atoms with Crippen molar-refractivity contribution in [2.45, 2.75) is 26.3 Å². The molecule has 0 saturated heterocycles. The number of aryl methyl sites for hydroxylation is 3. The van der Waals surface area contributed by atoms with Crippen LogP contribution in [0.5, 0.6) is 0 Å². The minimum atomic E-state index is -0.216. The number of rotatable bonds is 5. The van der Waals surface area contributed by atoms with Crippen LogP contribution in [0.1, 0.15) is 17.8 Å². The highest BCUT2D eigenvalue weighted by atomic mass is 35.5. The molecule has 1 aromatic carbocycles. The van der Waals surface area contributed by atoms with Gasteiger partial charge in [0.15, 0.2) is 0 Å². The number of carbonyl (C=O) groups excluding carboxylic acids is 1. The van der Waals surface area contributed by atoms with E-state index in [1.54, 1.807) is 0 Å². The van der Waals surface area contributed by atoms with Crippen LogP contribution in [0.2, 0.25) is 0 Å². The van der Waals surface area contributed by atoms with Gasteiger partial charge in [-0.25, -0.2) is 4.98 Å². The number of aromatic nitrogens is 2. The molecule has 5 heteroatoms. The van der Waals surface area contributed by atoms with E-state index in [4.69, 9.17) is 16.3 Å². The second-order valence-corrected chi connectivity index (χ2v) is 4.77. The maximum atomic E-state index is 11.3. The SMILES string of the molecule is COC(=O)CCn1c(CCCl)nc2cccc(C)c21. The molecule has 0 aliphatic heterocycles. The molecule has 0 unspecified atom stereocenters. The van der Waals surface area contributed by atoms with E-state index in [0.717, 1.165) is 22.4 Å². The van der Waals surface area contributed by atoms with Crippen molar-refractivity contribution in [3.8, 4) is 0 Å². The fraction of sp³-hybridized carbons (Fsp3) is 0.429. The van der Waals surface area contributed by atoms with Gasteiger partial charge in [-0.05, 0) is 18.6 Å². The summed E-state index contributed by atoms with van der Waals surface area (Å²) in [6.07, 6.45) is 1.03. The Labute approximate surface area is 117 Å². The van der Waals surface area contributed by atoms with Crippen LogP contribution in [-0.4, -0.2) is 28.5 Å². The van der Waals surface area contributed by atoms with Gasteiger partial charge in [-0.1, -0.05) is 12.1 Å². The lowest BCUT2D eigenvalue weighted by atomic mass is 10.2. The third-order valence-corrected chi connectivity index (χ3v) is 3.32. The average molecular weight is 281 g/mol. The van der Waals surface area contributed by atoms with Gasteiger partial charge in [0.05, 0.1) is 24.6 Å². The van der Waals surface area contributed by atoms with E-state index in [2.05, 4.69) is 9.55 Å². The predicted octanol–water partition coefficient (Wildman–Crippen LogP) is 2.69. The van der Waals surface area contributed by atoms with Crippen LogP contribution in [0.25, 0.3) is 11.0 Å². The zero-order valence-corrected chi connectivity index (χ0v) is 11.9. The van der Waals surface area contributed by atoms with E-state index in [0.29, 0.717) is 25.3 Å². The number of hydrogen-bond donors (Lipinski definition) is 0. The molecular weight excluding hydrogens is 264 g/mol.